The summed E-state index contributed by atoms with van der Waals surface area (Å²) in [5.41, 5.74) is 4.99. The van der Waals surface area contributed by atoms with Crippen LogP contribution in [0.5, 0.6) is 0 Å². The molecule has 15 heavy (non-hydrogen) atoms. The Morgan fingerprint density at radius 1 is 1.60 bits per heavy atom. The van der Waals surface area contributed by atoms with Crippen molar-refractivity contribution in [3.63, 3.8) is 0 Å². The molecule has 0 saturated heterocycles. The molecule has 5 heteroatoms. The predicted molar refractivity (Wildman–Crippen MR) is 57.5 cm³/mol. The summed E-state index contributed by atoms with van der Waals surface area (Å²) in [5.74, 6) is 0.766. The summed E-state index contributed by atoms with van der Waals surface area (Å²) >= 11 is 0. The average molecular weight is 213 g/mol. The number of oxime groups is 1. The number of carbonyl (C=O) groups is 1. The highest BCUT2D eigenvalue weighted by molar-refractivity contribution is 5.86. The third-order valence-electron chi connectivity index (χ3n) is 2.70. The minimum atomic E-state index is -0.506. The molecule has 0 aromatic carbocycles. The number of hydrogen-bond donors (Lipinski definition) is 3. The molecule has 1 aliphatic rings. The first-order valence-corrected chi connectivity index (χ1v) is 5.20. The summed E-state index contributed by atoms with van der Waals surface area (Å²) in [6.07, 6.45) is 2.93. The van der Waals surface area contributed by atoms with Gasteiger partial charge in [0.15, 0.2) is 0 Å². The first kappa shape index (κ1) is 11.8. The molecule has 0 atom stereocenters. The van der Waals surface area contributed by atoms with Crippen molar-refractivity contribution in [2.45, 2.75) is 33.1 Å². The number of amides is 1. The maximum atomic E-state index is 11.4. The summed E-state index contributed by atoms with van der Waals surface area (Å²) in [6, 6.07) is 0. The van der Waals surface area contributed by atoms with E-state index >= 15 is 0 Å². The van der Waals surface area contributed by atoms with Gasteiger partial charge in [0.05, 0.1) is 0 Å². The van der Waals surface area contributed by atoms with Crippen molar-refractivity contribution >= 4 is 11.7 Å². The van der Waals surface area contributed by atoms with Crippen LogP contribution in [0.1, 0.15) is 33.1 Å². The third-order valence-corrected chi connectivity index (χ3v) is 2.70. The fraction of sp³-hybridized carbons (Fsp3) is 0.800. The van der Waals surface area contributed by atoms with Gasteiger partial charge in [-0.3, -0.25) is 4.79 Å². The van der Waals surface area contributed by atoms with Crippen LogP contribution >= 0.6 is 0 Å². The summed E-state index contributed by atoms with van der Waals surface area (Å²) in [6.45, 7) is 4.04. The predicted octanol–water partition coefficient (Wildman–Crippen LogP) is 0.675. The summed E-state index contributed by atoms with van der Waals surface area (Å²) < 4.78 is 0. The zero-order chi connectivity index (χ0) is 11.5. The molecule has 1 aliphatic carbocycles. The fourth-order valence-electron chi connectivity index (χ4n) is 1.20. The van der Waals surface area contributed by atoms with E-state index in [4.69, 9.17) is 10.9 Å². The fourth-order valence-corrected chi connectivity index (χ4v) is 1.20. The zero-order valence-electron chi connectivity index (χ0n) is 9.29. The van der Waals surface area contributed by atoms with E-state index in [0.717, 1.165) is 12.8 Å². The topological polar surface area (TPSA) is 87.7 Å². The number of hydrogen-bond acceptors (Lipinski definition) is 3. The lowest BCUT2D eigenvalue weighted by Crippen LogP contribution is -2.42. The van der Waals surface area contributed by atoms with E-state index in [9.17, 15) is 4.79 Å². The number of nitrogens with zero attached hydrogens (tertiary/aromatic N) is 1. The van der Waals surface area contributed by atoms with E-state index in [0.29, 0.717) is 18.9 Å². The second-order valence-corrected chi connectivity index (χ2v) is 4.79. The second kappa shape index (κ2) is 4.51. The number of nitrogens with one attached hydrogen (secondary N) is 1. The van der Waals surface area contributed by atoms with Crippen molar-refractivity contribution < 1.29 is 10.0 Å². The lowest BCUT2D eigenvalue weighted by Gasteiger charge is -2.23. The smallest absolute Gasteiger partial charge is 0.220 e. The molecule has 1 saturated carbocycles. The number of rotatable bonds is 5. The monoisotopic (exact) mass is 213 g/mol. The molecule has 0 bridgehead atoms. The van der Waals surface area contributed by atoms with Gasteiger partial charge in [0, 0.05) is 18.4 Å². The SMILES string of the molecule is CC(C)(CNC(=O)CC1CC1)C(N)=NO. The van der Waals surface area contributed by atoms with Crippen LogP contribution < -0.4 is 11.1 Å². The standard InChI is InChI=1S/C10H19N3O2/c1-10(2,9(11)13-15)6-12-8(14)5-7-3-4-7/h7,15H,3-6H2,1-2H3,(H2,11,13)(H,12,14). The van der Waals surface area contributed by atoms with E-state index in [1.807, 2.05) is 13.8 Å². The summed E-state index contributed by atoms with van der Waals surface area (Å²) in [5, 5.41) is 14.3. The molecule has 0 unspecified atom stereocenters. The van der Waals surface area contributed by atoms with Crippen LogP contribution in [0.25, 0.3) is 0 Å². The molecule has 5 nitrogen and oxygen atoms in total. The molecule has 0 heterocycles. The Morgan fingerprint density at radius 2 is 2.20 bits per heavy atom. The molecule has 4 N–H and O–H groups in total. The van der Waals surface area contributed by atoms with Gasteiger partial charge in [0.2, 0.25) is 5.91 Å². The van der Waals surface area contributed by atoms with Gasteiger partial charge >= 0.3 is 0 Å². The van der Waals surface area contributed by atoms with Gasteiger partial charge in [-0.05, 0) is 18.8 Å². The third kappa shape index (κ3) is 3.77. The van der Waals surface area contributed by atoms with Crippen LogP contribution in [0.3, 0.4) is 0 Å². The van der Waals surface area contributed by atoms with Gasteiger partial charge in [0.25, 0.3) is 0 Å². The van der Waals surface area contributed by atoms with Gasteiger partial charge in [-0.2, -0.15) is 0 Å². The van der Waals surface area contributed by atoms with Gasteiger partial charge in [-0.25, -0.2) is 0 Å². The molecular formula is C10H19N3O2. The number of nitrogens with two attached hydrogens (primary N) is 1. The Morgan fingerprint density at radius 3 is 2.67 bits per heavy atom. The maximum absolute atomic E-state index is 11.4. The van der Waals surface area contributed by atoms with Gasteiger partial charge in [-0.1, -0.05) is 19.0 Å². The van der Waals surface area contributed by atoms with Gasteiger partial charge < -0.3 is 16.3 Å². The number of carbonyl (C=O) groups excluding carboxylic acids is 1. The highest BCUT2D eigenvalue weighted by atomic mass is 16.4. The summed E-state index contributed by atoms with van der Waals surface area (Å²) in [7, 11) is 0. The highest BCUT2D eigenvalue weighted by Crippen LogP contribution is 2.32. The lowest BCUT2D eigenvalue weighted by molar-refractivity contribution is -0.121. The van der Waals surface area contributed by atoms with Crippen LogP contribution in [-0.4, -0.2) is 23.5 Å². The van der Waals surface area contributed by atoms with Crippen LogP contribution in [-0.2, 0) is 4.79 Å². The van der Waals surface area contributed by atoms with Crippen LogP contribution in [0, 0.1) is 11.3 Å². The zero-order valence-corrected chi connectivity index (χ0v) is 9.29. The van der Waals surface area contributed by atoms with E-state index in [-0.39, 0.29) is 11.7 Å². The Kier molecular flexibility index (Phi) is 3.55. The first-order chi connectivity index (χ1) is 6.95. The largest absolute Gasteiger partial charge is 0.409 e. The Bertz CT molecular complexity index is 270. The highest BCUT2D eigenvalue weighted by Gasteiger charge is 2.27. The van der Waals surface area contributed by atoms with Crippen LogP contribution in [0.4, 0.5) is 0 Å². The minimum absolute atomic E-state index is 0.0521. The molecule has 0 aliphatic heterocycles. The van der Waals surface area contributed by atoms with Gasteiger partial charge in [-0.15, -0.1) is 0 Å². The van der Waals surface area contributed by atoms with Crippen LogP contribution in [0.2, 0.25) is 0 Å². The molecule has 1 rings (SSSR count). The molecule has 1 amide bonds. The van der Waals surface area contributed by atoms with Crippen LogP contribution in [0.15, 0.2) is 5.16 Å². The molecular weight excluding hydrogens is 194 g/mol. The van der Waals surface area contributed by atoms with Crippen molar-refractivity contribution in [2.75, 3.05) is 6.54 Å². The van der Waals surface area contributed by atoms with Crippen molar-refractivity contribution in [3.8, 4) is 0 Å². The molecule has 0 spiro atoms. The van der Waals surface area contributed by atoms with Crippen molar-refractivity contribution in [3.05, 3.63) is 0 Å². The Labute approximate surface area is 89.7 Å². The normalized spacial score (nSPS) is 17.6. The average Bonchev–Trinajstić information content (AvgIpc) is 2.97. The van der Waals surface area contributed by atoms with E-state index in [1.165, 1.54) is 0 Å². The Hall–Kier alpha value is -1.26. The molecule has 86 valence electrons. The first-order valence-electron chi connectivity index (χ1n) is 5.20. The van der Waals surface area contributed by atoms with E-state index in [2.05, 4.69) is 10.5 Å². The van der Waals surface area contributed by atoms with Crippen molar-refractivity contribution in [2.24, 2.45) is 22.2 Å². The minimum Gasteiger partial charge on any atom is -0.409 e. The van der Waals surface area contributed by atoms with E-state index in [1.54, 1.807) is 0 Å². The van der Waals surface area contributed by atoms with Crippen molar-refractivity contribution in [1.29, 1.82) is 0 Å². The molecule has 1 fully saturated rings. The molecule has 0 radical (unpaired) electrons. The molecule has 0 aromatic rings. The number of amidine groups is 1. The van der Waals surface area contributed by atoms with Crippen molar-refractivity contribution in [1.82, 2.24) is 5.32 Å². The molecule has 0 aromatic heterocycles. The van der Waals surface area contributed by atoms with E-state index < -0.39 is 5.41 Å². The van der Waals surface area contributed by atoms with Gasteiger partial charge in [0.1, 0.15) is 5.84 Å². The summed E-state index contributed by atoms with van der Waals surface area (Å²) in [4.78, 5) is 11.4. The lowest BCUT2D eigenvalue weighted by atomic mass is 9.92. The second-order valence-electron chi connectivity index (χ2n) is 4.79. The Balaban J connectivity index is 2.30. The quantitative estimate of drug-likeness (QED) is 0.271. The maximum Gasteiger partial charge on any atom is 0.220 e.